The average molecular weight is 300 g/mol. The Morgan fingerprint density at radius 3 is 2.55 bits per heavy atom. The molecule has 3 aromatic rings. The van der Waals surface area contributed by atoms with Crippen LogP contribution in [-0.2, 0) is 7.05 Å². The molecule has 0 bridgehead atoms. The van der Waals surface area contributed by atoms with Crippen LogP contribution in [0, 0.1) is 4.77 Å². The molecule has 1 aromatic carbocycles. The van der Waals surface area contributed by atoms with Gasteiger partial charge in [0.1, 0.15) is 0 Å². The molecule has 2 aromatic heterocycles. The van der Waals surface area contributed by atoms with Gasteiger partial charge in [-0.2, -0.15) is 4.99 Å². The topological polar surface area (TPSA) is 35.1 Å². The highest BCUT2D eigenvalue weighted by atomic mass is 32.1. The Bertz CT molecular complexity index is 829. The molecule has 0 fully saturated rings. The molecule has 0 radical (unpaired) electrons. The van der Waals surface area contributed by atoms with Crippen LogP contribution < -0.4 is 4.80 Å². The van der Waals surface area contributed by atoms with Gasteiger partial charge in [0.2, 0.25) is 4.80 Å². The van der Waals surface area contributed by atoms with Crippen molar-refractivity contribution in [2.75, 3.05) is 0 Å². The first kappa shape index (κ1) is 13.0. The van der Waals surface area contributed by atoms with E-state index in [2.05, 4.69) is 9.98 Å². The number of hydrogen-bond acceptors (Lipinski definition) is 4. The minimum atomic E-state index is 0.675. The summed E-state index contributed by atoms with van der Waals surface area (Å²) in [6.07, 6.45) is 1.73. The normalized spacial score (nSPS) is 11.8. The van der Waals surface area contributed by atoms with Crippen LogP contribution in [0.3, 0.4) is 0 Å². The van der Waals surface area contributed by atoms with Crippen LogP contribution in [0.5, 0.6) is 0 Å². The summed E-state index contributed by atoms with van der Waals surface area (Å²) in [6, 6.07) is 15.6. The SMILES string of the molecule is Cn1s/c(=N\c2ccccn2)n(-c2ccccc2)c1=S. The molecule has 0 unspecified atom stereocenters. The first-order valence-corrected chi connectivity index (χ1v) is 7.24. The Kier molecular flexibility index (Phi) is 3.58. The zero-order valence-electron chi connectivity index (χ0n) is 10.8. The van der Waals surface area contributed by atoms with E-state index in [1.165, 1.54) is 11.5 Å². The lowest BCUT2D eigenvalue weighted by Crippen LogP contribution is -2.12. The third-order valence-corrected chi connectivity index (χ3v) is 4.20. The van der Waals surface area contributed by atoms with Gasteiger partial charge in [0, 0.05) is 13.2 Å². The number of hydrogen-bond donors (Lipinski definition) is 0. The maximum absolute atomic E-state index is 5.47. The fourth-order valence-electron chi connectivity index (χ4n) is 1.81. The number of aryl methyl sites for hydroxylation is 1. The molecule has 0 aliphatic rings. The molecule has 20 heavy (non-hydrogen) atoms. The molecule has 0 saturated heterocycles. The zero-order valence-corrected chi connectivity index (χ0v) is 12.4. The molecule has 100 valence electrons. The molecular formula is C14H12N4S2. The molecule has 0 aliphatic carbocycles. The molecule has 0 N–H and O–H groups in total. The predicted octanol–water partition coefficient (Wildman–Crippen LogP) is 3.23. The number of pyridine rings is 1. The summed E-state index contributed by atoms with van der Waals surface area (Å²) in [4.78, 5) is 9.62. The summed E-state index contributed by atoms with van der Waals surface area (Å²) in [6.45, 7) is 0. The van der Waals surface area contributed by atoms with Gasteiger partial charge in [-0.3, -0.25) is 8.52 Å². The number of nitrogens with zero attached hydrogens (tertiary/aromatic N) is 4. The van der Waals surface area contributed by atoms with Crippen LogP contribution in [0.25, 0.3) is 5.69 Å². The fourth-order valence-corrected chi connectivity index (χ4v) is 2.99. The van der Waals surface area contributed by atoms with E-state index in [-0.39, 0.29) is 0 Å². The van der Waals surface area contributed by atoms with Gasteiger partial charge in [0.15, 0.2) is 10.6 Å². The summed E-state index contributed by atoms with van der Waals surface area (Å²) < 4.78 is 4.59. The molecular weight excluding hydrogens is 288 g/mol. The summed E-state index contributed by atoms with van der Waals surface area (Å²) in [5.74, 6) is 0.675. The van der Waals surface area contributed by atoms with Crippen LogP contribution in [0.1, 0.15) is 0 Å². The zero-order chi connectivity index (χ0) is 13.9. The molecule has 3 rings (SSSR count). The van der Waals surface area contributed by atoms with E-state index in [4.69, 9.17) is 12.2 Å². The van der Waals surface area contributed by atoms with E-state index >= 15 is 0 Å². The summed E-state index contributed by atoms with van der Waals surface area (Å²) >= 11 is 6.97. The van der Waals surface area contributed by atoms with Crippen molar-refractivity contribution in [3.8, 4) is 5.69 Å². The maximum Gasteiger partial charge on any atom is 0.214 e. The van der Waals surface area contributed by atoms with Gasteiger partial charge in [-0.25, -0.2) is 4.98 Å². The second-order valence-corrected chi connectivity index (χ2v) is 5.59. The maximum atomic E-state index is 5.47. The quantitative estimate of drug-likeness (QED) is 0.681. The summed E-state index contributed by atoms with van der Waals surface area (Å²) in [7, 11) is 1.93. The minimum absolute atomic E-state index is 0.675. The Hall–Kier alpha value is -2.05. The van der Waals surface area contributed by atoms with Gasteiger partial charge in [0.25, 0.3) is 0 Å². The van der Waals surface area contributed by atoms with Crippen molar-refractivity contribution < 1.29 is 0 Å². The number of benzene rings is 1. The second kappa shape index (κ2) is 5.52. The number of rotatable bonds is 2. The van der Waals surface area contributed by atoms with Crippen LogP contribution in [0.15, 0.2) is 59.7 Å². The fraction of sp³-hybridized carbons (Fsp3) is 0.0714. The highest BCUT2D eigenvalue weighted by molar-refractivity contribution is 7.71. The van der Waals surface area contributed by atoms with Crippen molar-refractivity contribution in [1.82, 2.24) is 13.5 Å². The Balaban J connectivity index is 2.26. The lowest BCUT2D eigenvalue weighted by molar-refractivity contribution is 0.881. The van der Waals surface area contributed by atoms with Crippen molar-refractivity contribution in [1.29, 1.82) is 0 Å². The summed E-state index contributed by atoms with van der Waals surface area (Å²) in [5, 5.41) is 0. The summed E-state index contributed by atoms with van der Waals surface area (Å²) in [5.41, 5.74) is 1.00. The van der Waals surface area contributed by atoms with Crippen LogP contribution in [0.2, 0.25) is 0 Å². The van der Waals surface area contributed by atoms with E-state index in [0.29, 0.717) is 5.82 Å². The molecule has 0 amide bonds. The molecule has 0 saturated carbocycles. The number of aromatic nitrogens is 3. The van der Waals surface area contributed by atoms with Gasteiger partial charge in [-0.15, -0.1) is 0 Å². The molecule has 4 nitrogen and oxygen atoms in total. The van der Waals surface area contributed by atoms with Gasteiger partial charge >= 0.3 is 0 Å². The van der Waals surface area contributed by atoms with Crippen molar-refractivity contribution in [3.63, 3.8) is 0 Å². The highest BCUT2D eigenvalue weighted by Crippen LogP contribution is 2.10. The monoisotopic (exact) mass is 300 g/mol. The van der Waals surface area contributed by atoms with Crippen LogP contribution >= 0.6 is 23.8 Å². The standard InChI is InChI=1S/C14H12N4S2/c1-17-14(19)18(11-7-3-2-4-8-11)13(20-17)16-12-9-5-6-10-15-12/h2-10H,1H3/b16-13-. The van der Waals surface area contributed by atoms with Gasteiger partial charge in [-0.1, -0.05) is 24.3 Å². The molecule has 0 atom stereocenters. The molecule has 6 heteroatoms. The van der Waals surface area contributed by atoms with Crippen molar-refractivity contribution in [2.24, 2.45) is 12.0 Å². The van der Waals surface area contributed by atoms with Crippen molar-refractivity contribution >= 4 is 29.6 Å². The lowest BCUT2D eigenvalue weighted by Gasteiger charge is -2.01. The smallest absolute Gasteiger partial charge is 0.214 e. The minimum Gasteiger partial charge on any atom is -0.274 e. The van der Waals surface area contributed by atoms with Crippen molar-refractivity contribution in [3.05, 3.63) is 64.3 Å². The third-order valence-electron chi connectivity index (χ3n) is 2.74. The second-order valence-electron chi connectivity index (χ2n) is 4.12. The Labute approximate surface area is 125 Å². The molecule has 2 heterocycles. The van der Waals surface area contributed by atoms with E-state index in [9.17, 15) is 0 Å². The van der Waals surface area contributed by atoms with E-state index in [1.807, 2.05) is 64.1 Å². The van der Waals surface area contributed by atoms with Gasteiger partial charge in [-0.05, 0) is 48.0 Å². The molecule has 0 spiro atoms. The largest absolute Gasteiger partial charge is 0.274 e. The molecule has 0 aliphatic heterocycles. The first-order chi connectivity index (χ1) is 9.75. The highest BCUT2D eigenvalue weighted by Gasteiger charge is 2.05. The average Bonchev–Trinajstić information content (AvgIpc) is 2.76. The van der Waals surface area contributed by atoms with Crippen LogP contribution in [0.4, 0.5) is 5.82 Å². The van der Waals surface area contributed by atoms with Crippen molar-refractivity contribution in [2.45, 2.75) is 0 Å². The van der Waals surface area contributed by atoms with E-state index in [0.717, 1.165) is 15.3 Å². The van der Waals surface area contributed by atoms with Crippen LogP contribution in [-0.4, -0.2) is 13.5 Å². The Morgan fingerprint density at radius 2 is 1.85 bits per heavy atom. The Morgan fingerprint density at radius 1 is 1.10 bits per heavy atom. The van der Waals surface area contributed by atoms with E-state index < -0.39 is 0 Å². The lowest BCUT2D eigenvalue weighted by atomic mass is 10.3. The van der Waals surface area contributed by atoms with Gasteiger partial charge in [0.05, 0.1) is 5.69 Å². The number of para-hydroxylation sites is 1. The predicted molar refractivity (Wildman–Crippen MR) is 82.9 cm³/mol. The van der Waals surface area contributed by atoms with E-state index in [1.54, 1.807) is 6.20 Å². The first-order valence-electron chi connectivity index (χ1n) is 6.06. The third kappa shape index (κ3) is 2.48. The van der Waals surface area contributed by atoms with Gasteiger partial charge < -0.3 is 0 Å².